The first-order chi connectivity index (χ1) is 11.1. The molecule has 5 heteroatoms. The second kappa shape index (κ2) is 6.71. The maximum atomic E-state index is 13.1. The van der Waals surface area contributed by atoms with Crippen LogP contribution in [0.4, 0.5) is 10.2 Å². The second-order valence-corrected chi connectivity index (χ2v) is 5.66. The fourth-order valence-electron chi connectivity index (χ4n) is 2.53. The van der Waals surface area contributed by atoms with Gasteiger partial charge in [-0.25, -0.2) is 9.37 Å². The fraction of sp³-hybridized carbons (Fsp3) is 0.222. The highest BCUT2D eigenvalue weighted by Crippen LogP contribution is 2.20. The van der Waals surface area contributed by atoms with Crippen LogP contribution in [-0.2, 0) is 0 Å². The first kappa shape index (κ1) is 15.4. The first-order valence-corrected chi connectivity index (χ1v) is 7.51. The third kappa shape index (κ3) is 3.63. The van der Waals surface area contributed by atoms with Gasteiger partial charge in [0.05, 0.1) is 23.3 Å². The summed E-state index contributed by atoms with van der Waals surface area (Å²) in [6.45, 7) is 0.658. The van der Waals surface area contributed by atoms with E-state index in [1.807, 2.05) is 50.5 Å². The molecule has 3 rings (SSSR count). The monoisotopic (exact) mass is 310 g/mol. The summed E-state index contributed by atoms with van der Waals surface area (Å²) < 4.78 is 13.1. The number of halogens is 1. The van der Waals surface area contributed by atoms with E-state index in [4.69, 9.17) is 0 Å². The van der Waals surface area contributed by atoms with Crippen LogP contribution in [0.25, 0.3) is 11.0 Å². The molecule has 1 heterocycles. The van der Waals surface area contributed by atoms with Gasteiger partial charge in [0, 0.05) is 6.54 Å². The zero-order chi connectivity index (χ0) is 16.2. The maximum absolute atomic E-state index is 13.1. The van der Waals surface area contributed by atoms with Crippen LogP contribution >= 0.6 is 0 Å². The first-order valence-electron chi connectivity index (χ1n) is 7.51. The molecule has 0 spiro atoms. The number of nitrogens with zero attached hydrogens (tertiary/aromatic N) is 3. The highest BCUT2D eigenvalue weighted by atomic mass is 19.1. The molecule has 0 aliphatic heterocycles. The second-order valence-electron chi connectivity index (χ2n) is 5.66. The molecule has 0 saturated carbocycles. The van der Waals surface area contributed by atoms with Crippen molar-refractivity contribution in [3.63, 3.8) is 0 Å². The number of benzene rings is 2. The van der Waals surface area contributed by atoms with E-state index in [1.54, 1.807) is 6.20 Å². The number of aromatic nitrogens is 2. The molecule has 1 N–H and O–H groups in total. The zero-order valence-electron chi connectivity index (χ0n) is 13.2. The number of para-hydroxylation sites is 2. The summed E-state index contributed by atoms with van der Waals surface area (Å²) in [4.78, 5) is 11.1. The lowest BCUT2D eigenvalue weighted by atomic mass is 10.1. The number of nitrogens with one attached hydrogen (secondary N) is 1. The smallest absolute Gasteiger partial charge is 0.145 e. The number of hydrogen-bond donors (Lipinski definition) is 1. The lowest BCUT2D eigenvalue weighted by molar-refractivity contribution is 0.311. The summed E-state index contributed by atoms with van der Waals surface area (Å²) in [6, 6.07) is 14.5. The van der Waals surface area contributed by atoms with E-state index in [0.29, 0.717) is 6.54 Å². The maximum Gasteiger partial charge on any atom is 0.145 e. The summed E-state index contributed by atoms with van der Waals surface area (Å²) in [5, 5.41) is 3.32. The predicted octanol–water partition coefficient (Wildman–Crippen LogP) is 3.48. The van der Waals surface area contributed by atoms with Crippen LogP contribution in [0.3, 0.4) is 0 Å². The van der Waals surface area contributed by atoms with Crippen molar-refractivity contribution in [3.05, 3.63) is 66.1 Å². The van der Waals surface area contributed by atoms with Crippen LogP contribution in [0.1, 0.15) is 11.6 Å². The third-order valence-electron chi connectivity index (χ3n) is 3.80. The lowest BCUT2D eigenvalue weighted by Crippen LogP contribution is -2.27. The molecule has 0 saturated heterocycles. The Bertz CT molecular complexity index is 786. The van der Waals surface area contributed by atoms with E-state index in [9.17, 15) is 4.39 Å². The van der Waals surface area contributed by atoms with E-state index in [1.165, 1.54) is 12.1 Å². The molecule has 3 aromatic rings. The number of rotatable bonds is 5. The Labute approximate surface area is 135 Å². The Kier molecular flexibility index (Phi) is 4.48. The summed E-state index contributed by atoms with van der Waals surface area (Å²) in [5.74, 6) is 0.511. The minimum atomic E-state index is -0.223. The van der Waals surface area contributed by atoms with Gasteiger partial charge in [0.1, 0.15) is 11.6 Å². The minimum absolute atomic E-state index is 0.115. The van der Waals surface area contributed by atoms with Gasteiger partial charge in [0.25, 0.3) is 0 Å². The summed E-state index contributed by atoms with van der Waals surface area (Å²) >= 11 is 0. The van der Waals surface area contributed by atoms with Gasteiger partial charge < -0.3 is 10.2 Å². The summed E-state index contributed by atoms with van der Waals surface area (Å²) in [6.07, 6.45) is 1.74. The van der Waals surface area contributed by atoms with Crippen molar-refractivity contribution in [3.8, 4) is 0 Å². The zero-order valence-corrected chi connectivity index (χ0v) is 13.2. The van der Waals surface area contributed by atoms with Crippen molar-refractivity contribution in [1.29, 1.82) is 0 Å². The van der Waals surface area contributed by atoms with Crippen molar-refractivity contribution < 1.29 is 4.39 Å². The quantitative estimate of drug-likeness (QED) is 0.783. The number of anilines is 1. The van der Waals surface area contributed by atoms with Crippen molar-refractivity contribution >= 4 is 16.9 Å². The van der Waals surface area contributed by atoms with Crippen LogP contribution in [0.2, 0.25) is 0 Å². The van der Waals surface area contributed by atoms with Gasteiger partial charge in [-0.1, -0.05) is 24.3 Å². The molecule has 23 heavy (non-hydrogen) atoms. The largest absolute Gasteiger partial charge is 0.367 e. The molecule has 1 aromatic heterocycles. The number of fused-ring (bicyclic) bond motifs is 1. The highest BCUT2D eigenvalue weighted by molar-refractivity contribution is 5.75. The van der Waals surface area contributed by atoms with Gasteiger partial charge in [0.2, 0.25) is 0 Å². The molecular formula is C18H19FN4. The Balaban J connectivity index is 1.76. The topological polar surface area (TPSA) is 41.0 Å². The lowest BCUT2D eigenvalue weighted by Gasteiger charge is -2.25. The molecule has 0 amide bonds. The summed E-state index contributed by atoms with van der Waals surface area (Å²) in [7, 11) is 4.00. The predicted molar refractivity (Wildman–Crippen MR) is 90.9 cm³/mol. The van der Waals surface area contributed by atoms with Gasteiger partial charge >= 0.3 is 0 Å². The Morgan fingerprint density at radius 3 is 2.43 bits per heavy atom. The van der Waals surface area contributed by atoms with Gasteiger partial charge in [0.15, 0.2) is 0 Å². The molecule has 118 valence electrons. The molecule has 1 atom stereocenters. The van der Waals surface area contributed by atoms with Crippen LogP contribution in [-0.4, -0.2) is 35.5 Å². The molecule has 1 unspecified atom stereocenters. The standard InChI is InChI=1S/C18H19FN4/c1-23(2)17(13-7-9-14(19)10-8-13)11-21-18-12-20-15-5-3-4-6-16(15)22-18/h3-10,12,17H,11H2,1-2H3,(H,21,22). The van der Waals surface area contributed by atoms with Crippen LogP contribution in [0.5, 0.6) is 0 Å². The van der Waals surface area contributed by atoms with Crippen LogP contribution in [0.15, 0.2) is 54.7 Å². The van der Waals surface area contributed by atoms with Crippen LogP contribution in [0, 0.1) is 5.82 Å². The van der Waals surface area contributed by atoms with Gasteiger partial charge in [-0.05, 0) is 43.9 Å². The molecule has 0 fully saturated rings. The minimum Gasteiger partial charge on any atom is -0.367 e. The van der Waals surface area contributed by atoms with E-state index in [0.717, 1.165) is 22.4 Å². The number of likely N-dealkylation sites (N-methyl/N-ethyl adjacent to an activating group) is 1. The average molecular weight is 310 g/mol. The molecular weight excluding hydrogens is 291 g/mol. The molecule has 0 bridgehead atoms. The third-order valence-corrected chi connectivity index (χ3v) is 3.80. The fourth-order valence-corrected chi connectivity index (χ4v) is 2.53. The highest BCUT2D eigenvalue weighted by Gasteiger charge is 2.14. The molecule has 0 radical (unpaired) electrons. The molecule has 0 aliphatic rings. The van der Waals surface area contributed by atoms with E-state index in [2.05, 4.69) is 20.2 Å². The Morgan fingerprint density at radius 2 is 1.74 bits per heavy atom. The van der Waals surface area contributed by atoms with E-state index < -0.39 is 0 Å². The average Bonchev–Trinajstić information content (AvgIpc) is 2.56. The van der Waals surface area contributed by atoms with Gasteiger partial charge in [-0.3, -0.25) is 4.98 Å². The van der Waals surface area contributed by atoms with Crippen molar-refractivity contribution in [1.82, 2.24) is 14.9 Å². The SMILES string of the molecule is CN(C)C(CNc1cnc2ccccc2n1)c1ccc(F)cc1. The molecule has 4 nitrogen and oxygen atoms in total. The number of hydrogen-bond acceptors (Lipinski definition) is 4. The Hall–Kier alpha value is -2.53. The van der Waals surface area contributed by atoms with E-state index in [-0.39, 0.29) is 11.9 Å². The van der Waals surface area contributed by atoms with Gasteiger partial charge in [-0.2, -0.15) is 0 Å². The normalized spacial score (nSPS) is 12.5. The van der Waals surface area contributed by atoms with Gasteiger partial charge in [-0.15, -0.1) is 0 Å². The van der Waals surface area contributed by atoms with Crippen molar-refractivity contribution in [2.75, 3.05) is 26.0 Å². The van der Waals surface area contributed by atoms with Crippen molar-refractivity contribution in [2.24, 2.45) is 0 Å². The molecule has 2 aromatic carbocycles. The van der Waals surface area contributed by atoms with E-state index >= 15 is 0 Å². The van der Waals surface area contributed by atoms with Crippen LogP contribution < -0.4 is 5.32 Å². The Morgan fingerprint density at radius 1 is 1.04 bits per heavy atom. The van der Waals surface area contributed by atoms with Crippen molar-refractivity contribution in [2.45, 2.75) is 6.04 Å². The summed E-state index contributed by atoms with van der Waals surface area (Å²) in [5.41, 5.74) is 2.79. The molecule has 0 aliphatic carbocycles.